The molecule has 0 bridgehead atoms. The number of benzene rings is 2. The maximum Gasteiger partial charge on any atom is 0.293 e. The van der Waals surface area contributed by atoms with Crippen LogP contribution in [0.1, 0.15) is 42.1 Å². The van der Waals surface area contributed by atoms with Gasteiger partial charge in [0.1, 0.15) is 5.69 Å². The standard InChI is InChI=1S/C25H32N4O3/c1-20-7-5-13-28(18-20)23-11-10-22(17-24(23)29(31)32)25(30)27-14-6-12-26(15-16-27)19-21-8-3-2-4-9-21/h2-4,8-11,17,20H,5-7,12-16,18-19H2,1H3. The summed E-state index contributed by atoms with van der Waals surface area (Å²) in [5, 5.41) is 11.8. The third-order valence-corrected chi connectivity index (χ3v) is 6.54. The molecule has 2 aliphatic rings. The van der Waals surface area contributed by atoms with Gasteiger partial charge in [0.25, 0.3) is 11.6 Å². The highest BCUT2D eigenvalue weighted by Gasteiger charge is 2.27. The monoisotopic (exact) mass is 436 g/mol. The van der Waals surface area contributed by atoms with Gasteiger partial charge in [0, 0.05) is 57.4 Å². The molecule has 2 aromatic carbocycles. The van der Waals surface area contributed by atoms with Gasteiger partial charge in [0.05, 0.1) is 4.92 Å². The van der Waals surface area contributed by atoms with Gasteiger partial charge in [0.2, 0.25) is 0 Å². The van der Waals surface area contributed by atoms with Crippen molar-refractivity contribution in [2.75, 3.05) is 44.2 Å². The molecule has 7 heteroatoms. The second-order valence-electron chi connectivity index (χ2n) is 9.06. The number of rotatable bonds is 5. The molecule has 1 atom stereocenters. The fourth-order valence-corrected chi connectivity index (χ4v) is 4.83. The molecule has 2 aromatic rings. The minimum absolute atomic E-state index is 0.0328. The quantitative estimate of drug-likeness (QED) is 0.520. The number of hydrogen-bond acceptors (Lipinski definition) is 5. The van der Waals surface area contributed by atoms with E-state index in [4.69, 9.17) is 0 Å². The summed E-state index contributed by atoms with van der Waals surface area (Å²) in [7, 11) is 0. The Balaban J connectivity index is 1.45. The van der Waals surface area contributed by atoms with E-state index in [9.17, 15) is 14.9 Å². The molecule has 0 aliphatic carbocycles. The molecule has 4 rings (SSSR count). The summed E-state index contributed by atoms with van der Waals surface area (Å²) < 4.78 is 0. The van der Waals surface area contributed by atoms with Gasteiger partial charge >= 0.3 is 0 Å². The van der Waals surface area contributed by atoms with E-state index in [1.165, 1.54) is 11.6 Å². The number of carbonyl (C=O) groups is 1. The summed E-state index contributed by atoms with van der Waals surface area (Å²) in [6.45, 7) is 7.72. The minimum atomic E-state index is -0.352. The molecule has 0 saturated carbocycles. The number of nitro groups is 1. The zero-order valence-electron chi connectivity index (χ0n) is 18.8. The summed E-state index contributed by atoms with van der Waals surface area (Å²) in [6, 6.07) is 15.4. The third-order valence-electron chi connectivity index (χ3n) is 6.54. The van der Waals surface area contributed by atoms with Crippen LogP contribution >= 0.6 is 0 Å². The molecular weight excluding hydrogens is 404 g/mol. The average molecular weight is 437 g/mol. The van der Waals surface area contributed by atoms with E-state index < -0.39 is 0 Å². The number of nitro benzene ring substituents is 1. The van der Waals surface area contributed by atoms with E-state index in [1.807, 2.05) is 23.1 Å². The van der Waals surface area contributed by atoms with Crippen molar-refractivity contribution in [2.24, 2.45) is 5.92 Å². The molecule has 7 nitrogen and oxygen atoms in total. The van der Waals surface area contributed by atoms with E-state index in [-0.39, 0.29) is 16.5 Å². The number of nitrogens with zero attached hydrogens (tertiary/aromatic N) is 4. The topological polar surface area (TPSA) is 69.9 Å². The lowest BCUT2D eigenvalue weighted by Gasteiger charge is -2.32. The first-order chi connectivity index (χ1) is 15.5. The van der Waals surface area contributed by atoms with Gasteiger partial charge in [-0.25, -0.2) is 0 Å². The van der Waals surface area contributed by atoms with E-state index in [0.29, 0.717) is 30.3 Å². The number of carbonyl (C=O) groups excluding carboxylic acids is 1. The molecule has 2 aliphatic heterocycles. The zero-order chi connectivity index (χ0) is 22.5. The highest BCUT2D eigenvalue weighted by atomic mass is 16.6. The Kier molecular flexibility index (Phi) is 7.05. The van der Waals surface area contributed by atoms with Gasteiger partial charge in [-0.05, 0) is 42.9 Å². The number of piperidine rings is 1. The zero-order valence-corrected chi connectivity index (χ0v) is 18.8. The van der Waals surface area contributed by atoms with Gasteiger partial charge in [-0.2, -0.15) is 0 Å². The van der Waals surface area contributed by atoms with Crippen LogP contribution in [0.15, 0.2) is 48.5 Å². The molecule has 0 N–H and O–H groups in total. The van der Waals surface area contributed by atoms with Crippen LogP contribution in [0.3, 0.4) is 0 Å². The Morgan fingerprint density at radius 2 is 1.84 bits per heavy atom. The molecule has 2 heterocycles. The normalized spacial score (nSPS) is 20.1. The predicted octanol–water partition coefficient (Wildman–Crippen LogP) is 4.18. The highest BCUT2D eigenvalue weighted by Crippen LogP contribution is 2.32. The van der Waals surface area contributed by atoms with Crippen LogP contribution in [-0.4, -0.2) is 59.9 Å². The van der Waals surface area contributed by atoms with Gasteiger partial charge in [-0.3, -0.25) is 19.8 Å². The largest absolute Gasteiger partial charge is 0.366 e. The SMILES string of the molecule is CC1CCCN(c2ccc(C(=O)N3CCCN(Cc4ccccc4)CC3)cc2[N+](=O)[O-])C1. The van der Waals surface area contributed by atoms with Crippen molar-refractivity contribution in [1.82, 2.24) is 9.80 Å². The molecule has 170 valence electrons. The van der Waals surface area contributed by atoms with Crippen LogP contribution in [-0.2, 0) is 6.54 Å². The van der Waals surface area contributed by atoms with Crippen LogP contribution in [0.2, 0.25) is 0 Å². The molecule has 1 unspecified atom stereocenters. The molecular formula is C25H32N4O3. The van der Waals surface area contributed by atoms with Crippen molar-refractivity contribution in [3.8, 4) is 0 Å². The van der Waals surface area contributed by atoms with Crippen molar-refractivity contribution in [1.29, 1.82) is 0 Å². The van der Waals surface area contributed by atoms with Crippen LogP contribution in [0.25, 0.3) is 0 Å². The van der Waals surface area contributed by atoms with Gasteiger partial charge < -0.3 is 9.80 Å². The summed E-state index contributed by atoms with van der Waals surface area (Å²) in [4.78, 5) is 31.0. The first-order valence-corrected chi connectivity index (χ1v) is 11.6. The Morgan fingerprint density at radius 3 is 2.59 bits per heavy atom. The Hall–Kier alpha value is -2.93. The van der Waals surface area contributed by atoms with Gasteiger partial charge in [-0.1, -0.05) is 37.3 Å². The van der Waals surface area contributed by atoms with Crippen LogP contribution < -0.4 is 4.90 Å². The fourth-order valence-electron chi connectivity index (χ4n) is 4.83. The maximum atomic E-state index is 13.2. The predicted molar refractivity (Wildman–Crippen MR) is 126 cm³/mol. The molecule has 32 heavy (non-hydrogen) atoms. The van der Waals surface area contributed by atoms with E-state index in [1.54, 1.807) is 12.1 Å². The van der Waals surface area contributed by atoms with Crippen molar-refractivity contribution in [3.05, 3.63) is 69.8 Å². The number of hydrogen-bond donors (Lipinski definition) is 0. The average Bonchev–Trinajstić information content (AvgIpc) is 3.04. The smallest absolute Gasteiger partial charge is 0.293 e. The first kappa shape index (κ1) is 22.3. The lowest BCUT2D eigenvalue weighted by atomic mass is 9.99. The molecule has 0 aromatic heterocycles. The summed E-state index contributed by atoms with van der Waals surface area (Å²) in [5.41, 5.74) is 2.33. The van der Waals surface area contributed by atoms with Gasteiger partial charge in [0.15, 0.2) is 0 Å². The summed E-state index contributed by atoms with van der Waals surface area (Å²) >= 11 is 0. The Morgan fingerprint density at radius 1 is 1.03 bits per heavy atom. The Labute approximate surface area is 189 Å². The van der Waals surface area contributed by atoms with Crippen LogP contribution in [0.5, 0.6) is 0 Å². The summed E-state index contributed by atoms with van der Waals surface area (Å²) in [6.07, 6.45) is 3.08. The summed E-state index contributed by atoms with van der Waals surface area (Å²) in [5.74, 6) is 0.397. The minimum Gasteiger partial charge on any atom is -0.366 e. The number of anilines is 1. The lowest BCUT2D eigenvalue weighted by molar-refractivity contribution is -0.384. The van der Waals surface area contributed by atoms with E-state index >= 15 is 0 Å². The maximum absolute atomic E-state index is 13.2. The number of amides is 1. The highest BCUT2D eigenvalue weighted by molar-refractivity contribution is 5.95. The lowest BCUT2D eigenvalue weighted by Crippen LogP contribution is -2.36. The fraction of sp³-hybridized carbons (Fsp3) is 0.480. The second kappa shape index (κ2) is 10.1. The van der Waals surface area contributed by atoms with E-state index in [2.05, 4.69) is 28.9 Å². The van der Waals surface area contributed by atoms with Crippen LogP contribution in [0.4, 0.5) is 11.4 Å². The molecule has 2 fully saturated rings. The van der Waals surface area contributed by atoms with Crippen molar-refractivity contribution in [3.63, 3.8) is 0 Å². The van der Waals surface area contributed by atoms with E-state index in [0.717, 1.165) is 52.0 Å². The van der Waals surface area contributed by atoms with Crippen molar-refractivity contribution >= 4 is 17.3 Å². The third kappa shape index (κ3) is 5.27. The van der Waals surface area contributed by atoms with Gasteiger partial charge in [-0.15, -0.1) is 0 Å². The van der Waals surface area contributed by atoms with Crippen molar-refractivity contribution in [2.45, 2.75) is 32.7 Å². The first-order valence-electron chi connectivity index (χ1n) is 11.6. The molecule has 2 saturated heterocycles. The second-order valence-corrected chi connectivity index (χ2v) is 9.06. The van der Waals surface area contributed by atoms with Crippen molar-refractivity contribution < 1.29 is 9.72 Å². The molecule has 0 radical (unpaired) electrons. The molecule has 1 amide bonds. The molecule has 0 spiro atoms. The Bertz CT molecular complexity index is 949. The van der Waals surface area contributed by atoms with Crippen LogP contribution in [0, 0.1) is 16.0 Å².